The Morgan fingerprint density at radius 3 is 2.31 bits per heavy atom. The normalized spacial score (nSPS) is 19.3. The van der Waals surface area contributed by atoms with Gasteiger partial charge in [0.2, 0.25) is 0 Å². The summed E-state index contributed by atoms with van der Waals surface area (Å²) in [5, 5.41) is 0. The summed E-state index contributed by atoms with van der Waals surface area (Å²) >= 11 is 0. The molecule has 1 N–H and O–H groups in total. The highest BCUT2D eigenvalue weighted by molar-refractivity contribution is 7.84. The number of piperidine rings is 1. The fraction of sp³-hybridized carbons (Fsp3) is 0.947. The van der Waals surface area contributed by atoms with Gasteiger partial charge >= 0.3 is 6.09 Å². The molecule has 2 atom stereocenters. The fourth-order valence-corrected chi connectivity index (χ4v) is 3.53. The van der Waals surface area contributed by atoms with Gasteiger partial charge < -0.3 is 14.4 Å². The second-order valence-electron chi connectivity index (χ2n) is 8.79. The molecule has 0 aliphatic carbocycles. The van der Waals surface area contributed by atoms with E-state index in [-0.39, 0.29) is 16.9 Å². The lowest BCUT2D eigenvalue weighted by molar-refractivity contribution is 0.00293. The van der Waals surface area contributed by atoms with E-state index in [4.69, 9.17) is 9.47 Å². The lowest BCUT2D eigenvalue weighted by Gasteiger charge is -2.33. The number of hydrogen-bond acceptors (Lipinski definition) is 4. The highest BCUT2D eigenvalue weighted by Crippen LogP contribution is 2.20. The van der Waals surface area contributed by atoms with Crippen LogP contribution >= 0.6 is 0 Å². The quantitative estimate of drug-likeness (QED) is 0.689. The van der Waals surface area contributed by atoms with Gasteiger partial charge in [0, 0.05) is 26.2 Å². The Labute approximate surface area is 162 Å². The molecule has 1 aliphatic rings. The van der Waals surface area contributed by atoms with E-state index >= 15 is 0 Å². The van der Waals surface area contributed by atoms with E-state index in [1.165, 1.54) is 0 Å². The zero-order valence-electron chi connectivity index (χ0n) is 17.6. The number of nitrogens with one attached hydrogen (secondary N) is 1. The average Bonchev–Trinajstić information content (AvgIpc) is 2.56. The summed E-state index contributed by atoms with van der Waals surface area (Å²) in [6, 6.07) is 0. The first-order valence-corrected chi connectivity index (χ1v) is 10.8. The molecule has 1 rings (SSSR count). The molecule has 1 amide bonds. The van der Waals surface area contributed by atoms with Crippen molar-refractivity contribution in [2.75, 3.05) is 26.2 Å². The van der Waals surface area contributed by atoms with Crippen LogP contribution in [0.15, 0.2) is 0 Å². The van der Waals surface area contributed by atoms with Crippen molar-refractivity contribution in [2.24, 2.45) is 5.92 Å². The molecule has 1 aliphatic heterocycles. The summed E-state index contributed by atoms with van der Waals surface area (Å²) in [5.41, 5.74) is -0.452. The van der Waals surface area contributed by atoms with Crippen molar-refractivity contribution in [3.05, 3.63) is 0 Å². The maximum atomic E-state index is 12.2. The smallest absolute Gasteiger partial charge is 0.410 e. The first-order chi connectivity index (χ1) is 11.9. The van der Waals surface area contributed by atoms with E-state index in [0.29, 0.717) is 32.2 Å². The molecule has 0 bridgehead atoms. The summed E-state index contributed by atoms with van der Waals surface area (Å²) in [5.74, 6) is 0.453. The standard InChI is InChI=1S/C19H38N2O4S/c1-8-19(6,7)26(23)20-13-15(2)24-14-16-9-11-21(12-10-16)17(22)25-18(3,4)5/h15-16,20H,8-14H2,1-7H3. The zero-order valence-corrected chi connectivity index (χ0v) is 18.4. The topological polar surface area (TPSA) is 67.9 Å². The van der Waals surface area contributed by atoms with Crippen LogP contribution in [0.25, 0.3) is 0 Å². The van der Waals surface area contributed by atoms with Crippen LogP contribution in [0.2, 0.25) is 0 Å². The van der Waals surface area contributed by atoms with Crippen LogP contribution in [0.3, 0.4) is 0 Å². The number of ether oxygens (including phenoxy) is 2. The summed E-state index contributed by atoms with van der Waals surface area (Å²) < 4.78 is 26.4. The monoisotopic (exact) mass is 390 g/mol. The van der Waals surface area contributed by atoms with E-state index in [9.17, 15) is 9.00 Å². The minimum atomic E-state index is -1.07. The van der Waals surface area contributed by atoms with E-state index in [1.54, 1.807) is 4.90 Å². The largest absolute Gasteiger partial charge is 0.444 e. The molecule has 0 aromatic rings. The van der Waals surface area contributed by atoms with Gasteiger partial charge in [-0.15, -0.1) is 0 Å². The molecule has 1 saturated heterocycles. The van der Waals surface area contributed by atoms with Gasteiger partial charge in [0.25, 0.3) is 0 Å². The SMILES string of the molecule is CCC(C)(C)S(=O)NCC(C)OCC1CCN(C(=O)OC(C)(C)C)CC1. The number of carbonyl (C=O) groups excluding carboxylic acids is 1. The number of likely N-dealkylation sites (tertiary alicyclic amines) is 1. The van der Waals surface area contributed by atoms with Crippen molar-refractivity contribution in [2.45, 2.75) is 84.2 Å². The van der Waals surface area contributed by atoms with E-state index in [2.05, 4.69) is 4.72 Å². The maximum absolute atomic E-state index is 12.2. The minimum absolute atomic E-state index is 0.00971. The molecule has 0 aromatic heterocycles. The van der Waals surface area contributed by atoms with Gasteiger partial charge in [0.15, 0.2) is 0 Å². The predicted molar refractivity (Wildman–Crippen MR) is 106 cm³/mol. The Kier molecular flexibility index (Phi) is 9.03. The molecule has 1 fully saturated rings. The van der Waals surface area contributed by atoms with Crippen LogP contribution in [-0.4, -0.2) is 57.9 Å². The summed E-state index contributed by atoms with van der Waals surface area (Å²) in [4.78, 5) is 13.9. The van der Waals surface area contributed by atoms with Crippen molar-refractivity contribution >= 4 is 17.1 Å². The third-order valence-corrected chi connectivity index (χ3v) is 6.46. The summed E-state index contributed by atoms with van der Waals surface area (Å²) in [7, 11) is -1.07. The first-order valence-electron chi connectivity index (χ1n) is 9.69. The summed E-state index contributed by atoms with van der Waals surface area (Å²) in [6.07, 6.45) is 2.49. The highest BCUT2D eigenvalue weighted by Gasteiger charge is 2.27. The van der Waals surface area contributed by atoms with E-state index in [1.807, 2.05) is 48.5 Å². The van der Waals surface area contributed by atoms with Crippen LogP contribution in [-0.2, 0) is 20.5 Å². The summed E-state index contributed by atoms with van der Waals surface area (Å²) in [6.45, 7) is 16.4. The Hall–Kier alpha value is -0.660. The second-order valence-corrected chi connectivity index (χ2v) is 10.7. The lowest BCUT2D eigenvalue weighted by Crippen LogP contribution is -2.43. The number of rotatable bonds is 8. The Morgan fingerprint density at radius 2 is 1.81 bits per heavy atom. The van der Waals surface area contributed by atoms with E-state index in [0.717, 1.165) is 19.3 Å². The average molecular weight is 391 g/mol. The Bertz CT molecular complexity index is 469. The van der Waals surface area contributed by atoms with Gasteiger partial charge in [-0.25, -0.2) is 13.7 Å². The molecule has 0 spiro atoms. The number of hydrogen-bond donors (Lipinski definition) is 1. The molecule has 154 valence electrons. The minimum Gasteiger partial charge on any atom is -0.444 e. The van der Waals surface area contributed by atoms with Crippen molar-refractivity contribution in [3.8, 4) is 0 Å². The number of amides is 1. The second kappa shape index (κ2) is 10.0. The molecular weight excluding hydrogens is 352 g/mol. The molecule has 6 nitrogen and oxygen atoms in total. The van der Waals surface area contributed by atoms with Gasteiger partial charge in [-0.2, -0.15) is 0 Å². The maximum Gasteiger partial charge on any atom is 0.410 e. The van der Waals surface area contributed by atoms with Gasteiger partial charge in [0.1, 0.15) is 5.60 Å². The van der Waals surface area contributed by atoms with Gasteiger partial charge in [-0.05, 0) is 66.7 Å². The third-order valence-electron chi connectivity index (χ3n) is 4.74. The van der Waals surface area contributed by atoms with Crippen LogP contribution in [0.1, 0.15) is 67.7 Å². The highest BCUT2D eigenvalue weighted by atomic mass is 32.2. The van der Waals surface area contributed by atoms with Gasteiger partial charge in [-0.3, -0.25) is 0 Å². The van der Waals surface area contributed by atoms with Gasteiger partial charge in [0.05, 0.1) is 21.8 Å². The first kappa shape index (κ1) is 23.4. The third kappa shape index (κ3) is 8.35. The van der Waals surface area contributed by atoms with Crippen molar-refractivity contribution in [1.82, 2.24) is 9.62 Å². The molecule has 7 heteroatoms. The Balaban J connectivity index is 2.25. The number of nitrogens with zero attached hydrogens (tertiary/aromatic N) is 1. The molecule has 0 aromatic carbocycles. The van der Waals surface area contributed by atoms with Crippen LogP contribution in [0, 0.1) is 5.92 Å². The van der Waals surface area contributed by atoms with Crippen molar-refractivity contribution in [3.63, 3.8) is 0 Å². The van der Waals surface area contributed by atoms with E-state index < -0.39 is 16.6 Å². The molecule has 2 unspecified atom stereocenters. The fourth-order valence-electron chi connectivity index (χ4n) is 2.49. The number of carbonyl (C=O) groups is 1. The van der Waals surface area contributed by atoms with Crippen LogP contribution in [0.4, 0.5) is 4.79 Å². The molecule has 0 radical (unpaired) electrons. The molecular formula is C19H38N2O4S. The zero-order chi connectivity index (χ0) is 20.0. The van der Waals surface area contributed by atoms with Crippen LogP contribution in [0.5, 0.6) is 0 Å². The van der Waals surface area contributed by atoms with Crippen molar-refractivity contribution < 1.29 is 18.5 Å². The van der Waals surface area contributed by atoms with Gasteiger partial charge in [-0.1, -0.05) is 6.92 Å². The predicted octanol–water partition coefficient (Wildman–Crippen LogP) is 3.48. The Morgan fingerprint density at radius 1 is 1.23 bits per heavy atom. The van der Waals surface area contributed by atoms with Crippen LogP contribution < -0.4 is 4.72 Å². The molecule has 26 heavy (non-hydrogen) atoms. The van der Waals surface area contributed by atoms with Crippen molar-refractivity contribution in [1.29, 1.82) is 0 Å². The molecule has 1 heterocycles. The lowest BCUT2D eigenvalue weighted by atomic mass is 9.98. The molecule has 0 saturated carbocycles.